The number of hydrogen-bond acceptors (Lipinski definition) is 2. The van der Waals surface area contributed by atoms with E-state index in [1.807, 2.05) is 60.7 Å². The number of benzene rings is 2. The number of anilines is 2. The SMILES string of the molecule is Cc1[nH]c(C(=O)Nc2ccccc2)c(C)c1C(=O)Nc1ccccc1. The van der Waals surface area contributed by atoms with Gasteiger partial charge in [0.05, 0.1) is 5.56 Å². The Morgan fingerprint density at radius 2 is 1.24 bits per heavy atom. The molecule has 0 bridgehead atoms. The Hall–Kier alpha value is -3.34. The quantitative estimate of drug-likeness (QED) is 0.671. The number of carbonyl (C=O) groups excluding carboxylic acids is 2. The monoisotopic (exact) mass is 333 g/mol. The summed E-state index contributed by atoms with van der Waals surface area (Å²) in [5.74, 6) is -0.512. The molecular weight excluding hydrogens is 314 g/mol. The van der Waals surface area contributed by atoms with Gasteiger partial charge >= 0.3 is 0 Å². The number of rotatable bonds is 4. The van der Waals surface area contributed by atoms with E-state index in [-0.39, 0.29) is 11.8 Å². The van der Waals surface area contributed by atoms with E-state index in [0.29, 0.717) is 33.9 Å². The molecule has 2 aromatic carbocycles. The van der Waals surface area contributed by atoms with E-state index >= 15 is 0 Å². The topological polar surface area (TPSA) is 74.0 Å². The fourth-order valence-electron chi connectivity index (χ4n) is 2.75. The van der Waals surface area contributed by atoms with Gasteiger partial charge in [-0.1, -0.05) is 36.4 Å². The van der Waals surface area contributed by atoms with Crippen molar-refractivity contribution in [1.82, 2.24) is 4.98 Å². The average molecular weight is 333 g/mol. The molecule has 5 heteroatoms. The zero-order valence-corrected chi connectivity index (χ0v) is 14.1. The number of aryl methyl sites for hydroxylation is 1. The van der Waals surface area contributed by atoms with Crippen molar-refractivity contribution in [3.63, 3.8) is 0 Å². The number of H-pyrrole nitrogens is 1. The first-order valence-corrected chi connectivity index (χ1v) is 7.98. The zero-order valence-electron chi connectivity index (χ0n) is 14.1. The lowest BCUT2D eigenvalue weighted by Gasteiger charge is -2.06. The summed E-state index contributed by atoms with van der Waals surface area (Å²) in [5.41, 5.74) is 3.57. The molecule has 126 valence electrons. The first kappa shape index (κ1) is 16.5. The van der Waals surface area contributed by atoms with Crippen LogP contribution in [0.25, 0.3) is 0 Å². The van der Waals surface area contributed by atoms with Crippen LogP contribution >= 0.6 is 0 Å². The van der Waals surface area contributed by atoms with Crippen LogP contribution in [-0.2, 0) is 0 Å². The Morgan fingerprint density at radius 1 is 0.760 bits per heavy atom. The number of carbonyl (C=O) groups is 2. The van der Waals surface area contributed by atoms with Gasteiger partial charge in [0.25, 0.3) is 11.8 Å². The fourth-order valence-corrected chi connectivity index (χ4v) is 2.75. The number of aromatic nitrogens is 1. The van der Waals surface area contributed by atoms with Crippen LogP contribution in [0.1, 0.15) is 32.1 Å². The number of aromatic amines is 1. The maximum atomic E-state index is 12.6. The minimum absolute atomic E-state index is 0.240. The summed E-state index contributed by atoms with van der Waals surface area (Å²) in [6.45, 7) is 3.55. The highest BCUT2D eigenvalue weighted by molar-refractivity contribution is 6.10. The lowest BCUT2D eigenvalue weighted by atomic mass is 10.1. The molecular formula is C20H19N3O2. The van der Waals surface area contributed by atoms with Crippen molar-refractivity contribution >= 4 is 23.2 Å². The molecule has 0 aliphatic rings. The van der Waals surface area contributed by atoms with Gasteiger partial charge in [0.2, 0.25) is 0 Å². The Balaban J connectivity index is 1.83. The van der Waals surface area contributed by atoms with Crippen LogP contribution in [-0.4, -0.2) is 16.8 Å². The molecule has 5 nitrogen and oxygen atoms in total. The molecule has 3 aromatic rings. The predicted octanol–water partition coefficient (Wildman–Crippen LogP) is 4.14. The Morgan fingerprint density at radius 3 is 1.76 bits per heavy atom. The van der Waals surface area contributed by atoms with Crippen LogP contribution < -0.4 is 10.6 Å². The summed E-state index contributed by atoms with van der Waals surface area (Å²) in [6, 6.07) is 18.4. The van der Waals surface area contributed by atoms with Crippen molar-refractivity contribution in [2.75, 3.05) is 10.6 Å². The normalized spacial score (nSPS) is 10.3. The molecule has 0 saturated heterocycles. The molecule has 0 fully saturated rings. The average Bonchev–Trinajstić information content (AvgIpc) is 2.91. The largest absolute Gasteiger partial charge is 0.354 e. The van der Waals surface area contributed by atoms with Gasteiger partial charge in [-0.2, -0.15) is 0 Å². The molecule has 0 unspecified atom stereocenters. The van der Waals surface area contributed by atoms with E-state index in [0.717, 1.165) is 0 Å². The Labute approximate surface area is 146 Å². The van der Waals surface area contributed by atoms with Crippen LogP contribution in [0.3, 0.4) is 0 Å². The zero-order chi connectivity index (χ0) is 17.8. The molecule has 0 saturated carbocycles. The number of hydrogen-bond donors (Lipinski definition) is 3. The molecule has 0 spiro atoms. The van der Waals surface area contributed by atoms with E-state index in [1.54, 1.807) is 13.8 Å². The van der Waals surface area contributed by atoms with Gasteiger partial charge in [0.15, 0.2) is 0 Å². The Kier molecular flexibility index (Phi) is 4.66. The van der Waals surface area contributed by atoms with Gasteiger partial charge in [-0.15, -0.1) is 0 Å². The van der Waals surface area contributed by atoms with E-state index in [1.165, 1.54) is 0 Å². The molecule has 0 aliphatic heterocycles. The van der Waals surface area contributed by atoms with Gasteiger partial charge in [0, 0.05) is 17.1 Å². The second kappa shape index (κ2) is 7.05. The molecule has 1 heterocycles. The number of nitrogens with one attached hydrogen (secondary N) is 3. The number of para-hydroxylation sites is 2. The third kappa shape index (κ3) is 3.61. The van der Waals surface area contributed by atoms with Crippen molar-refractivity contribution in [2.45, 2.75) is 13.8 Å². The summed E-state index contributed by atoms with van der Waals surface area (Å²) < 4.78 is 0. The predicted molar refractivity (Wildman–Crippen MR) is 99.1 cm³/mol. The van der Waals surface area contributed by atoms with Crippen molar-refractivity contribution in [2.24, 2.45) is 0 Å². The van der Waals surface area contributed by atoms with Crippen LogP contribution in [0.4, 0.5) is 11.4 Å². The van der Waals surface area contributed by atoms with Crippen molar-refractivity contribution < 1.29 is 9.59 Å². The van der Waals surface area contributed by atoms with Gasteiger partial charge in [0.1, 0.15) is 5.69 Å². The van der Waals surface area contributed by atoms with Gasteiger partial charge in [-0.25, -0.2) is 0 Å². The van der Waals surface area contributed by atoms with Gasteiger partial charge in [-0.05, 0) is 43.7 Å². The fraction of sp³-hybridized carbons (Fsp3) is 0.100. The molecule has 3 N–H and O–H groups in total. The second-order valence-corrected chi connectivity index (χ2v) is 5.77. The second-order valence-electron chi connectivity index (χ2n) is 5.77. The standard InChI is InChI=1S/C20H19N3O2/c1-13-17(19(24)22-15-9-5-3-6-10-15)14(2)21-18(13)20(25)23-16-11-7-4-8-12-16/h3-12,21H,1-2H3,(H,22,24)(H,23,25). The first-order valence-electron chi connectivity index (χ1n) is 7.98. The first-order chi connectivity index (χ1) is 12.1. The minimum Gasteiger partial charge on any atom is -0.354 e. The summed E-state index contributed by atoms with van der Waals surface area (Å²) in [7, 11) is 0. The maximum Gasteiger partial charge on any atom is 0.272 e. The molecule has 3 rings (SSSR count). The van der Waals surface area contributed by atoms with Crippen molar-refractivity contribution in [1.29, 1.82) is 0 Å². The van der Waals surface area contributed by atoms with Gasteiger partial charge < -0.3 is 15.6 Å². The molecule has 0 aliphatic carbocycles. The molecule has 0 atom stereocenters. The van der Waals surface area contributed by atoms with E-state index < -0.39 is 0 Å². The summed E-state index contributed by atoms with van der Waals surface area (Å²) in [5, 5.41) is 5.68. The van der Waals surface area contributed by atoms with Crippen molar-refractivity contribution in [3.8, 4) is 0 Å². The highest BCUT2D eigenvalue weighted by Crippen LogP contribution is 2.21. The van der Waals surface area contributed by atoms with E-state index in [4.69, 9.17) is 0 Å². The van der Waals surface area contributed by atoms with Crippen LogP contribution in [0.2, 0.25) is 0 Å². The lowest BCUT2D eigenvalue weighted by Crippen LogP contribution is -2.15. The maximum absolute atomic E-state index is 12.6. The smallest absolute Gasteiger partial charge is 0.272 e. The number of amides is 2. The van der Waals surface area contributed by atoms with Crippen LogP contribution in [0, 0.1) is 13.8 Å². The molecule has 25 heavy (non-hydrogen) atoms. The molecule has 0 radical (unpaired) electrons. The van der Waals surface area contributed by atoms with Crippen LogP contribution in [0.5, 0.6) is 0 Å². The summed E-state index contributed by atoms with van der Waals surface area (Å²) >= 11 is 0. The van der Waals surface area contributed by atoms with Gasteiger partial charge in [-0.3, -0.25) is 9.59 Å². The minimum atomic E-state index is -0.273. The van der Waals surface area contributed by atoms with E-state index in [9.17, 15) is 9.59 Å². The van der Waals surface area contributed by atoms with E-state index in [2.05, 4.69) is 15.6 Å². The third-order valence-corrected chi connectivity index (χ3v) is 3.95. The highest BCUT2D eigenvalue weighted by atomic mass is 16.2. The van der Waals surface area contributed by atoms with Crippen LogP contribution in [0.15, 0.2) is 60.7 Å². The summed E-state index contributed by atoms with van der Waals surface area (Å²) in [6.07, 6.45) is 0. The van der Waals surface area contributed by atoms with Crippen molar-refractivity contribution in [3.05, 3.63) is 83.2 Å². The highest BCUT2D eigenvalue weighted by Gasteiger charge is 2.22. The molecule has 1 aromatic heterocycles. The Bertz CT molecular complexity index is 899. The summed E-state index contributed by atoms with van der Waals surface area (Å²) in [4.78, 5) is 28.1. The third-order valence-electron chi connectivity index (χ3n) is 3.95. The molecule has 2 amide bonds. The lowest BCUT2D eigenvalue weighted by molar-refractivity contribution is 0.101.